The quantitative estimate of drug-likeness (QED) is 0.789. The monoisotopic (exact) mass is 239 g/mol. The van der Waals surface area contributed by atoms with E-state index in [0.29, 0.717) is 11.1 Å². The second-order valence-electron chi connectivity index (χ2n) is 4.32. The van der Waals surface area contributed by atoms with Crippen LogP contribution in [0, 0.1) is 0 Å². The molecule has 1 atom stereocenters. The molecular weight excluding hydrogens is 222 g/mol. The fourth-order valence-corrected chi connectivity index (χ4v) is 2.26. The second kappa shape index (κ2) is 5.02. The molecule has 16 heavy (non-hydrogen) atoms. The van der Waals surface area contributed by atoms with Crippen molar-refractivity contribution in [3.8, 4) is 0 Å². The van der Waals surface area contributed by atoms with E-state index < -0.39 is 0 Å². The van der Waals surface area contributed by atoms with Gasteiger partial charge in [-0.3, -0.25) is 4.90 Å². The molecular formula is C12H18ClN3. The average molecular weight is 240 g/mol. The highest BCUT2D eigenvalue weighted by atomic mass is 35.5. The highest BCUT2D eigenvalue weighted by Crippen LogP contribution is 2.18. The van der Waals surface area contributed by atoms with Crippen LogP contribution in [0.1, 0.15) is 13.3 Å². The lowest BCUT2D eigenvalue weighted by Crippen LogP contribution is -2.51. The van der Waals surface area contributed by atoms with Crippen molar-refractivity contribution >= 4 is 17.4 Å². The topological polar surface area (TPSA) is 19.4 Å². The Kier molecular flexibility index (Phi) is 3.66. The Morgan fingerprint density at radius 1 is 1.44 bits per heavy atom. The molecule has 3 nitrogen and oxygen atoms in total. The zero-order chi connectivity index (χ0) is 11.5. The Morgan fingerprint density at radius 2 is 2.25 bits per heavy atom. The third-order valence-electron chi connectivity index (χ3n) is 3.28. The van der Waals surface area contributed by atoms with Gasteiger partial charge in [0, 0.05) is 31.9 Å². The van der Waals surface area contributed by atoms with Crippen LogP contribution in [0.5, 0.6) is 0 Å². The van der Waals surface area contributed by atoms with Crippen molar-refractivity contribution < 1.29 is 0 Å². The summed E-state index contributed by atoms with van der Waals surface area (Å²) in [6, 6.07) is 4.54. The van der Waals surface area contributed by atoms with E-state index in [-0.39, 0.29) is 0 Å². The van der Waals surface area contributed by atoms with Gasteiger partial charge in [-0.1, -0.05) is 18.5 Å². The van der Waals surface area contributed by atoms with Crippen LogP contribution in [0.15, 0.2) is 18.3 Å². The summed E-state index contributed by atoms with van der Waals surface area (Å²) in [5, 5.41) is 0.699. The molecule has 0 radical (unpaired) electrons. The smallest absolute Gasteiger partial charge is 0.128 e. The molecule has 4 heteroatoms. The molecule has 0 aromatic carbocycles. The van der Waals surface area contributed by atoms with Gasteiger partial charge in [-0.25, -0.2) is 4.98 Å². The molecule has 0 aliphatic carbocycles. The lowest BCUT2D eigenvalue weighted by atomic mass is 10.1. The van der Waals surface area contributed by atoms with Crippen LogP contribution in [0.25, 0.3) is 0 Å². The molecule has 1 saturated heterocycles. The van der Waals surface area contributed by atoms with Crippen LogP contribution in [-0.2, 0) is 0 Å². The molecule has 1 aliphatic rings. The van der Waals surface area contributed by atoms with Crippen molar-refractivity contribution in [3.05, 3.63) is 23.4 Å². The predicted molar refractivity (Wildman–Crippen MR) is 68.2 cm³/mol. The number of hydrogen-bond donors (Lipinski definition) is 0. The van der Waals surface area contributed by atoms with Gasteiger partial charge in [0.2, 0.25) is 0 Å². The number of hydrogen-bond acceptors (Lipinski definition) is 3. The maximum atomic E-state index is 5.84. The van der Waals surface area contributed by atoms with Crippen LogP contribution < -0.4 is 4.90 Å². The maximum absolute atomic E-state index is 5.84. The summed E-state index contributed by atoms with van der Waals surface area (Å²) < 4.78 is 0. The van der Waals surface area contributed by atoms with Gasteiger partial charge in [-0.15, -0.1) is 0 Å². The number of rotatable bonds is 2. The van der Waals surface area contributed by atoms with Crippen LogP contribution >= 0.6 is 11.6 Å². The second-order valence-corrected chi connectivity index (χ2v) is 4.76. The minimum absolute atomic E-state index is 0.631. The van der Waals surface area contributed by atoms with Crippen LogP contribution in [0.4, 0.5) is 5.82 Å². The van der Waals surface area contributed by atoms with E-state index in [4.69, 9.17) is 11.6 Å². The van der Waals surface area contributed by atoms with Gasteiger partial charge in [-0.2, -0.15) is 0 Å². The van der Waals surface area contributed by atoms with Gasteiger partial charge in [0.15, 0.2) is 0 Å². The Bertz CT molecular complexity index is 339. The normalized spacial score (nSPS) is 22.4. The van der Waals surface area contributed by atoms with E-state index in [0.717, 1.165) is 25.5 Å². The number of anilines is 1. The number of piperazine rings is 1. The lowest BCUT2D eigenvalue weighted by Gasteiger charge is -2.39. The molecule has 1 aliphatic heterocycles. The van der Waals surface area contributed by atoms with E-state index >= 15 is 0 Å². The fourth-order valence-electron chi connectivity index (χ4n) is 2.15. The molecule has 1 fully saturated rings. The van der Waals surface area contributed by atoms with Crippen molar-refractivity contribution in [2.24, 2.45) is 0 Å². The number of likely N-dealkylation sites (N-methyl/N-ethyl adjacent to an activating group) is 1. The van der Waals surface area contributed by atoms with Gasteiger partial charge in [0.1, 0.15) is 5.82 Å². The molecule has 1 unspecified atom stereocenters. The zero-order valence-corrected chi connectivity index (χ0v) is 10.6. The van der Waals surface area contributed by atoms with E-state index in [2.05, 4.69) is 28.8 Å². The molecule has 0 N–H and O–H groups in total. The molecule has 2 heterocycles. The highest BCUT2D eigenvalue weighted by molar-refractivity contribution is 6.30. The summed E-state index contributed by atoms with van der Waals surface area (Å²) in [7, 11) is 2.20. The number of halogens is 1. The van der Waals surface area contributed by atoms with Gasteiger partial charge in [0.25, 0.3) is 0 Å². The molecule has 0 amide bonds. The summed E-state index contributed by atoms with van der Waals surface area (Å²) in [5.41, 5.74) is 0. The van der Waals surface area contributed by atoms with Crippen molar-refractivity contribution in [1.82, 2.24) is 9.88 Å². The van der Waals surface area contributed by atoms with E-state index in [9.17, 15) is 0 Å². The Balaban J connectivity index is 2.08. The number of nitrogens with zero attached hydrogens (tertiary/aromatic N) is 3. The fraction of sp³-hybridized carbons (Fsp3) is 0.583. The zero-order valence-electron chi connectivity index (χ0n) is 9.86. The summed E-state index contributed by atoms with van der Waals surface area (Å²) in [6.07, 6.45) is 2.90. The van der Waals surface area contributed by atoms with Gasteiger partial charge >= 0.3 is 0 Å². The first kappa shape index (κ1) is 11.7. The minimum Gasteiger partial charge on any atom is -0.354 e. The number of aromatic nitrogens is 1. The third-order valence-corrected chi connectivity index (χ3v) is 3.51. The standard InChI is InChI=1S/C12H18ClN3/c1-3-11-9-16(7-6-15(11)2)12-5-4-10(13)8-14-12/h4-5,8,11H,3,6-7,9H2,1-2H3. The highest BCUT2D eigenvalue weighted by Gasteiger charge is 2.23. The summed E-state index contributed by atoms with van der Waals surface area (Å²) in [4.78, 5) is 9.13. The van der Waals surface area contributed by atoms with Crippen molar-refractivity contribution in [2.75, 3.05) is 31.6 Å². The first-order chi connectivity index (χ1) is 7.70. The predicted octanol–water partition coefficient (Wildman–Crippen LogP) is 2.27. The number of pyridine rings is 1. The molecule has 1 aromatic heterocycles. The SMILES string of the molecule is CCC1CN(c2ccc(Cl)cn2)CCN1C. The third kappa shape index (κ3) is 2.47. The maximum Gasteiger partial charge on any atom is 0.128 e. The summed E-state index contributed by atoms with van der Waals surface area (Å²) in [5.74, 6) is 1.04. The molecule has 88 valence electrons. The van der Waals surface area contributed by atoms with Crippen LogP contribution in [0.3, 0.4) is 0 Å². The van der Waals surface area contributed by atoms with Crippen molar-refractivity contribution in [1.29, 1.82) is 0 Å². The molecule has 0 saturated carbocycles. The Labute approximate surface area is 102 Å². The molecule has 0 spiro atoms. The van der Waals surface area contributed by atoms with E-state index in [1.165, 1.54) is 6.42 Å². The Hall–Kier alpha value is -0.800. The first-order valence-electron chi connectivity index (χ1n) is 5.77. The van der Waals surface area contributed by atoms with Crippen molar-refractivity contribution in [2.45, 2.75) is 19.4 Å². The van der Waals surface area contributed by atoms with Gasteiger partial charge in [0.05, 0.1) is 5.02 Å². The molecule has 2 rings (SSSR count). The Morgan fingerprint density at radius 3 is 2.88 bits per heavy atom. The largest absolute Gasteiger partial charge is 0.354 e. The molecule has 0 bridgehead atoms. The average Bonchev–Trinajstić information content (AvgIpc) is 2.31. The summed E-state index contributed by atoms with van der Waals surface area (Å²) >= 11 is 5.84. The molecule has 1 aromatic rings. The van der Waals surface area contributed by atoms with Gasteiger partial charge in [-0.05, 0) is 25.6 Å². The van der Waals surface area contributed by atoms with Crippen LogP contribution in [-0.4, -0.2) is 42.6 Å². The van der Waals surface area contributed by atoms with Gasteiger partial charge < -0.3 is 4.90 Å². The van der Waals surface area contributed by atoms with Crippen molar-refractivity contribution in [3.63, 3.8) is 0 Å². The summed E-state index contributed by atoms with van der Waals surface area (Å²) in [6.45, 7) is 5.44. The van der Waals surface area contributed by atoms with Crippen LogP contribution in [0.2, 0.25) is 5.02 Å². The van der Waals surface area contributed by atoms with E-state index in [1.807, 2.05) is 12.1 Å². The first-order valence-corrected chi connectivity index (χ1v) is 6.15. The minimum atomic E-state index is 0.631. The van der Waals surface area contributed by atoms with E-state index in [1.54, 1.807) is 6.20 Å². The lowest BCUT2D eigenvalue weighted by molar-refractivity contribution is 0.213.